The summed E-state index contributed by atoms with van der Waals surface area (Å²) in [6.45, 7) is 1.10. The Morgan fingerprint density at radius 2 is 2.06 bits per heavy atom. The normalized spacial score (nSPS) is 26.8. The zero-order valence-corrected chi connectivity index (χ0v) is 10.7. The third-order valence-electron chi connectivity index (χ3n) is 3.46. The van der Waals surface area contributed by atoms with Gasteiger partial charge in [0.15, 0.2) is 0 Å². The fourth-order valence-corrected chi connectivity index (χ4v) is 2.76. The molecule has 0 N–H and O–H groups in total. The van der Waals surface area contributed by atoms with Crippen LogP contribution in [-0.2, 0) is 11.4 Å². The molecule has 2 amide bonds. The Labute approximate surface area is 111 Å². The molecule has 0 aliphatic carbocycles. The molecule has 3 rings (SSSR count). The van der Waals surface area contributed by atoms with Gasteiger partial charge in [0.2, 0.25) is 0 Å². The topological polar surface area (TPSA) is 32.8 Å². The van der Waals surface area contributed by atoms with Crippen molar-refractivity contribution >= 4 is 17.6 Å². The second kappa shape index (κ2) is 4.78. The van der Waals surface area contributed by atoms with E-state index in [0.717, 1.165) is 18.4 Å². The molecule has 1 aromatic rings. The maximum atomic E-state index is 12.1. The fraction of sp³-hybridized carbons (Fsp3) is 0.462. The van der Waals surface area contributed by atoms with Gasteiger partial charge in [-0.2, -0.15) is 5.06 Å². The van der Waals surface area contributed by atoms with Crippen LogP contribution in [0.3, 0.4) is 0 Å². The van der Waals surface area contributed by atoms with Crippen molar-refractivity contribution in [2.45, 2.75) is 31.0 Å². The first kappa shape index (κ1) is 11.8. The summed E-state index contributed by atoms with van der Waals surface area (Å²) in [7, 11) is 0. The minimum absolute atomic E-state index is 0.103. The van der Waals surface area contributed by atoms with Gasteiger partial charge >= 0.3 is 6.03 Å². The van der Waals surface area contributed by atoms with Crippen LogP contribution in [0.15, 0.2) is 30.3 Å². The molecule has 2 fully saturated rings. The quantitative estimate of drug-likeness (QED) is 0.622. The maximum Gasteiger partial charge on any atom is 0.345 e. The van der Waals surface area contributed by atoms with Gasteiger partial charge in [-0.15, -0.1) is 0 Å². The highest BCUT2D eigenvalue weighted by Crippen LogP contribution is 2.31. The van der Waals surface area contributed by atoms with E-state index >= 15 is 0 Å². The lowest BCUT2D eigenvalue weighted by atomic mass is 10.1. The second-order valence-electron chi connectivity index (χ2n) is 4.69. The Morgan fingerprint density at radius 1 is 1.28 bits per heavy atom. The monoisotopic (exact) mass is 266 g/mol. The van der Waals surface area contributed by atoms with E-state index in [-0.39, 0.29) is 17.6 Å². The van der Waals surface area contributed by atoms with E-state index in [2.05, 4.69) is 0 Å². The Morgan fingerprint density at radius 3 is 2.78 bits per heavy atom. The van der Waals surface area contributed by atoms with Crippen LogP contribution >= 0.6 is 11.6 Å². The molecular weight excluding hydrogens is 252 g/mol. The van der Waals surface area contributed by atoms with Gasteiger partial charge < -0.3 is 4.90 Å². The average molecular weight is 267 g/mol. The van der Waals surface area contributed by atoms with Crippen molar-refractivity contribution in [3.05, 3.63) is 35.9 Å². The Kier molecular flexibility index (Phi) is 3.14. The molecule has 2 saturated heterocycles. The summed E-state index contributed by atoms with van der Waals surface area (Å²) < 4.78 is 0. The number of nitrogens with zero attached hydrogens (tertiary/aromatic N) is 2. The first-order valence-electron chi connectivity index (χ1n) is 6.16. The number of rotatable bonds is 3. The number of amides is 2. The largest absolute Gasteiger partial charge is 0.345 e. The molecule has 96 valence electrons. The van der Waals surface area contributed by atoms with Crippen LogP contribution in [0, 0.1) is 0 Å². The Hall–Kier alpha value is -1.26. The van der Waals surface area contributed by atoms with E-state index in [1.54, 1.807) is 4.90 Å². The van der Waals surface area contributed by atoms with Crippen molar-refractivity contribution in [1.82, 2.24) is 9.96 Å². The van der Waals surface area contributed by atoms with Crippen LogP contribution in [0.1, 0.15) is 18.4 Å². The molecule has 5 heteroatoms. The first-order chi connectivity index (χ1) is 8.75. The number of urea groups is 1. The molecule has 1 aromatic carbocycles. The van der Waals surface area contributed by atoms with Gasteiger partial charge in [-0.05, 0) is 18.4 Å². The van der Waals surface area contributed by atoms with Gasteiger partial charge in [-0.3, -0.25) is 4.84 Å². The summed E-state index contributed by atoms with van der Waals surface area (Å²) in [6.07, 6.45) is 1.74. The summed E-state index contributed by atoms with van der Waals surface area (Å²) in [4.78, 5) is 19.4. The number of carbonyl (C=O) groups is 1. The number of piperidine rings is 1. The highest BCUT2D eigenvalue weighted by Gasteiger charge is 2.44. The standard InChI is InChI=1S/C13H15ClN2O2/c14-12-7-6-11-8-15(12)13(17)16(11)18-9-10-4-2-1-3-5-10/h1-5,11-12H,6-9H2/t11-,12+/m1/s1. The molecular formula is C13H15ClN2O2. The number of alkyl halides is 1. The van der Waals surface area contributed by atoms with Crippen molar-refractivity contribution in [3.63, 3.8) is 0 Å². The number of hydrogen-bond acceptors (Lipinski definition) is 2. The summed E-state index contributed by atoms with van der Waals surface area (Å²) >= 11 is 6.11. The Balaban J connectivity index is 1.65. The molecule has 2 aliphatic heterocycles. The van der Waals surface area contributed by atoms with Gasteiger partial charge in [0.1, 0.15) is 12.1 Å². The fourth-order valence-electron chi connectivity index (χ4n) is 2.47. The first-order valence-corrected chi connectivity index (χ1v) is 6.60. The van der Waals surface area contributed by atoms with Crippen molar-refractivity contribution in [2.75, 3.05) is 6.54 Å². The van der Waals surface area contributed by atoms with Crippen LogP contribution in [0.2, 0.25) is 0 Å². The average Bonchev–Trinajstić information content (AvgIpc) is 2.67. The summed E-state index contributed by atoms with van der Waals surface area (Å²) in [5.74, 6) is 0. The van der Waals surface area contributed by atoms with E-state index in [4.69, 9.17) is 16.4 Å². The summed E-state index contributed by atoms with van der Waals surface area (Å²) in [5.41, 5.74) is 0.878. The van der Waals surface area contributed by atoms with E-state index in [1.807, 2.05) is 30.3 Å². The van der Waals surface area contributed by atoms with Crippen molar-refractivity contribution < 1.29 is 9.63 Å². The molecule has 2 atom stereocenters. The molecule has 2 heterocycles. The number of carbonyl (C=O) groups excluding carboxylic acids is 1. The third-order valence-corrected chi connectivity index (χ3v) is 3.92. The second-order valence-corrected chi connectivity index (χ2v) is 5.19. The zero-order chi connectivity index (χ0) is 12.5. The highest BCUT2D eigenvalue weighted by molar-refractivity contribution is 6.21. The summed E-state index contributed by atoms with van der Waals surface area (Å²) in [6, 6.07) is 9.89. The SMILES string of the molecule is O=C1N2C[C@@H](CC[C@H]2Cl)N1OCc1ccccc1. The molecule has 18 heavy (non-hydrogen) atoms. The van der Waals surface area contributed by atoms with Crippen molar-refractivity contribution in [1.29, 1.82) is 0 Å². The van der Waals surface area contributed by atoms with Crippen LogP contribution in [0.25, 0.3) is 0 Å². The Bertz CT molecular complexity index is 440. The van der Waals surface area contributed by atoms with E-state index in [9.17, 15) is 4.79 Å². The van der Waals surface area contributed by atoms with Gasteiger partial charge in [0.05, 0.1) is 6.04 Å². The lowest BCUT2D eigenvalue weighted by molar-refractivity contribution is -0.140. The molecule has 2 aliphatic rings. The maximum absolute atomic E-state index is 12.1. The number of fused-ring (bicyclic) bond motifs is 2. The lowest BCUT2D eigenvalue weighted by Gasteiger charge is -2.25. The van der Waals surface area contributed by atoms with Gasteiger partial charge in [-0.1, -0.05) is 41.9 Å². The van der Waals surface area contributed by atoms with Gasteiger partial charge in [0.25, 0.3) is 0 Å². The van der Waals surface area contributed by atoms with Crippen LogP contribution < -0.4 is 0 Å². The van der Waals surface area contributed by atoms with E-state index in [1.165, 1.54) is 5.06 Å². The predicted octanol–water partition coefficient (Wildman–Crippen LogP) is 2.58. The highest BCUT2D eigenvalue weighted by atomic mass is 35.5. The third kappa shape index (κ3) is 2.06. The molecule has 0 unspecified atom stereocenters. The van der Waals surface area contributed by atoms with Gasteiger partial charge in [-0.25, -0.2) is 4.79 Å². The lowest BCUT2D eigenvalue weighted by Crippen LogP contribution is -2.36. The van der Waals surface area contributed by atoms with Crippen molar-refractivity contribution in [2.24, 2.45) is 0 Å². The molecule has 0 radical (unpaired) electrons. The molecule has 0 aromatic heterocycles. The number of hydroxylamine groups is 2. The van der Waals surface area contributed by atoms with Crippen molar-refractivity contribution in [3.8, 4) is 0 Å². The molecule has 0 spiro atoms. The van der Waals surface area contributed by atoms with E-state index < -0.39 is 0 Å². The zero-order valence-electron chi connectivity index (χ0n) is 9.96. The number of halogens is 1. The van der Waals surface area contributed by atoms with E-state index in [0.29, 0.717) is 13.2 Å². The van der Waals surface area contributed by atoms with Gasteiger partial charge in [0, 0.05) is 6.54 Å². The van der Waals surface area contributed by atoms with Crippen LogP contribution in [0.4, 0.5) is 4.79 Å². The van der Waals surface area contributed by atoms with Crippen LogP contribution in [-0.4, -0.2) is 34.1 Å². The predicted molar refractivity (Wildman–Crippen MR) is 67.8 cm³/mol. The molecule has 4 nitrogen and oxygen atoms in total. The minimum Gasteiger partial charge on any atom is -0.304 e. The molecule has 2 bridgehead atoms. The smallest absolute Gasteiger partial charge is 0.304 e. The molecule has 0 saturated carbocycles. The summed E-state index contributed by atoms with van der Waals surface area (Å²) in [5, 5.41) is 1.50. The number of benzene rings is 1. The van der Waals surface area contributed by atoms with Crippen LogP contribution in [0.5, 0.6) is 0 Å². The number of hydrogen-bond donors (Lipinski definition) is 0. The minimum atomic E-state index is -0.181.